The number of halogens is 1. The molecule has 1 aromatic rings. The molecular formula is C10H13FN2O5S. The third kappa shape index (κ3) is 2.34. The van der Waals surface area contributed by atoms with Gasteiger partial charge in [-0.2, -0.15) is 4.39 Å². The standard InChI is InChI=1S/C10H13FN2O5S/c11-5-2-13(9(18)12-8(5)17)7-1-6(16)10(3-14,4-15)19-7/h2,6-7,14-16H,1,3-4H2,(H,12,17,18)/t6-,7+/m0/s1. The van der Waals surface area contributed by atoms with E-state index in [1.165, 1.54) is 0 Å². The Kier molecular flexibility index (Phi) is 3.81. The summed E-state index contributed by atoms with van der Waals surface area (Å²) in [5.74, 6) is -1.11. The van der Waals surface area contributed by atoms with Crippen LogP contribution in [0.25, 0.3) is 0 Å². The number of rotatable bonds is 3. The molecule has 0 spiro atoms. The third-order valence-electron chi connectivity index (χ3n) is 3.17. The summed E-state index contributed by atoms with van der Waals surface area (Å²) in [6.45, 7) is -0.959. The Morgan fingerprint density at radius 3 is 2.63 bits per heavy atom. The molecule has 2 rings (SSSR count). The molecule has 0 unspecified atom stereocenters. The van der Waals surface area contributed by atoms with E-state index in [1.54, 1.807) is 0 Å². The molecule has 0 aromatic carbocycles. The predicted octanol–water partition coefficient (Wildman–Crippen LogP) is -1.60. The van der Waals surface area contributed by atoms with E-state index in [9.17, 15) is 29.3 Å². The molecule has 1 saturated heterocycles. The second kappa shape index (κ2) is 5.08. The van der Waals surface area contributed by atoms with Crippen LogP contribution >= 0.6 is 11.8 Å². The van der Waals surface area contributed by atoms with Crippen LogP contribution in [0.5, 0.6) is 0 Å². The van der Waals surface area contributed by atoms with Crippen molar-refractivity contribution in [2.75, 3.05) is 13.2 Å². The maximum atomic E-state index is 13.2. The van der Waals surface area contributed by atoms with Crippen molar-refractivity contribution in [1.29, 1.82) is 0 Å². The number of H-pyrrole nitrogens is 1. The van der Waals surface area contributed by atoms with Crippen LogP contribution in [0, 0.1) is 5.82 Å². The Labute approximate surface area is 110 Å². The van der Waals surface area contributed by atoms with Crippen LogP contribution in [0.3, 0.4) is 0 Å². The minimum absolute atomic E-state index is 0.0528. The lowest BCUT2D eigenvalue weighted by molar-refractivity contribution is 0.0573. The number of thioether (sulfide) groups is 1. The van der Waals surface area contributed by atoms with Crippen molar-refractivity contribution in [3.8, 4) is 0 Å². The molecule has 2 atom stereocenters. The summed E-state index contributed by atoms with van der Waals surface area (Å²) in [4.78, 5) is 24.3. The van der Waals surface area contributed by atoms with E-state index in [4.69, 9.17) is 0 Å². The lowest BCUT2D eigenvalue weighted by Gasteiger charge is -2.26. The molecule has 0 saturated carbocycles. The number of aromatic nitrogens is 2. The molecule has 9 heteroatoms. The van der Waals surface area contributed by atoms with Gasteiger partial charge in [-0.05, 0) is 0 Å². The van der Waals surface area contributed by atoms with Crippen LogP contribution in [0.4, 0.5) is 4.39 Å². The average molecular weight is 292 g/mol. The summed E-state index contributed by atoms with van der Waals surface area (Å²) in [5.41, 5.74) is -1.91. The second-order valence-corrected chi connectivity index (χ2v) is 5.94. The van der Waals surface area contributed by atoms with E-state index in [1.807, 2.05) is 4.98 Å². The first-order valence-corrected chi connectivity index (χ1v) is 6.40. The van der Waals surface area contributed by atoms with Gasteiger partial charge in [-0.3, -0.25) is 14.3 Å². The van der Waals surface area contributed by atoms with E-state index < -0.39 is 46.5 Å². The molecule has 106 valence electrons. The minimum atomic E-state index is -1.20. The maximum Gasteiger partial charge on any atom is 0.329 e. The molecule has 1 aliphatic rings. The maximum absolute atomic E-state index is 13.2. The van der Waals surface area contributed by atoms with Crippen LogP contribution in [0.15, 0.2) is 15.8 Å². The van der Waals surface area contributed by atoms with E-state index in [0.717, 1.165) is 22.5 Å². The largest absolute Gasteiger partial charge is 0.395 e. The third-order valence-corrected chi connectivity index (χ3v) is 4.86. The highest BCUT2D eigenvalue weighted by molar-refractivity contribution is 8.01. The van der Waals surface area contributed by atoms with E-state index in [2.05, 4.69) is 0 Å². The van der Waals surface area contributed by atoms with Crippen molar-refractivity contribution in [2.24, 2.45) is 0 Å². The lowest BCUT2D eigenvalue weighted by atomic mass is 10.0. The van der Waals surface area contributed by atoms with Crippen molar-refractivity contribution in [3.05, 3.63) is 32.9 Å². The number of nitrogens with zero attached hydrogens (tertiary/aromatic N) is 1. The van der Waals surface area contributed by atoms with Crippen LogP contribution < -0.4 is 11.2 Å². The molecular weight excluding hydrogens is 279 g/mol. The number of aliphatic hydroxyl groups excluding tert-OH is 3. The van der Waals surface area contributed by atoms with Gasteiger partial charge in [0.15, 0.2) is 0 Å². The number of nitrogens with one attached hydrogen (secondary N) is 1. The Bertz CT molecular complexity index is 582. The van der Waals surface area contributed by atoms with Gasteiger partial charge in [-0.1, -0.05) is 0 Å². The number of hydrogen-bond acceptors (Lipinski definition) is 6. The average Bonchev–Trinajstić information content (AvgIpc) is 2.71. The Morgan fingerprint density at radius 2 is 2.11 bits per heavy atom. The fourth-order valence-electron chi connectivity index (χ4n) is 1.98. The molecule has 19 heavy (non-hydrogen) atoms. The van der Waals surface area contributed by atoms with Crippen LogP contribution in [-0.2, 0) is 0 Å². The first kappa shape index (κ1) is 14.3. The molecule has 4 N–H and O–H groups in total. The Balaban J connectivity index is 2.38. The van der Waals surface area contributed by atoms with Gasteiger partial charge in [0.05, 0.1) is 35.6 Å². The van der Waals surface area contributed by atoms with Crippen LogP contribution in [0.2, 0.25) is 0 Å². The highest BCUT2D eigenvalue weighted by Gasteiger charge is 2.48. The normalized spacial score (nSPS) is 25.7. The van der Waals surface area contributed by atoms with Crippen LogP contribution in [0.1, 0.15) is 11.8 Å². The summed E-state index contributed by atoms with van der Waals surface area (Å²) < 4.78 is 12.9. The van der Waals surface area contributed by atoms with E-state index in [-0.39, 0.29) is 6.42 Å². The molecule has 1 aromatic heterocycles. The quantitative estimate of drug-likeness (QED) is 0.533. The fraction of sp³-hybridized carbons (Fsp3) is 0.600. The fourth-order valence-corrected chi connectivity index (χ4v) is 3.48. The molecule has 1 fully saturated rings. The van der Waals surface area contributed by atoms with Gasteiger partial charge in [-0.25, -0.2) is 4.79 Å². The molecule has 0 aliphatic carbocycles. The van der Waals surface area contributed by atoms with Gasteiger partial charge in [0.25, 0.3) is 5.56 Å². The van der Waals surface area contributed by atoms with Crippen molar-refractivity contribution >= 4 is 11.8 Å². The molecule has 0 radical (unpaired) electrons. The Hall–Kier alpha value is -1.16. The zero-order valence-electron chi connectivity index (χ0n) is 9.74. The van der Waals surface area contributed by atoms with Gasteiger partial charge in [-0.15, -0.1) is 11.8 Å². The molecule has 1 aliphatic heterocycles. The van der Waals surface area contributed by atoms with Crippen molar-refractivity contribution in [3.63, 3.8) is 0 Å². The highest BCUT2D eigenvalue weighted by Crippen LogP contribution is 2.48. The number of aliphatic hydroxyl groups is 3. The zero-order valence-corrected chi connectivity index (χ0v) is 10.6. The monoisotopic (exact) mass is 292 g/mol. The lowest BCUT2D eigenvalue weighted by Crippen LogP contribution is -2.42. The van der Waals surface area contributed by atoms with E-state index >= 15 is 0 Å². The SMILES string of the molecule is O=c1[nH]c(=O)n([C@H]2C[C@H](O)C(CO)(CO)S2)cc1F. The summed E-state index contributed by atoms with van der Waals surface area (Å²) >= 11 is 0.972. The highest BCUT2D eigenvalue weighted by atomic mass is 32.2. The summed E-state index contributed by atoms with van der Waals surface area (Å²) in [6, 6.07) is 0. The smallest absolute Gasteiger partial charge is 0.329 e. The molecule has 0 amide bonds. The van der Waals surface area contributed by atoms with Gasteiger partial charge in [0, 0.05) is 6.42 Å². The van der Waals surface area contributed by atoms with Gasteiger partial charge >= 0.3 is 5.69 Å². The van der Waals surface area contributed by atoms with Crippen molar-refractivity contribution in [1.82, 2.24) is 9.55 Å². The topological polar surface area (TPSA) is 116 Å². The molecule has 2 heterocycles. The minimum Gasteiger partial charge on any atom is -0.395 e. The zero-order chi connectivity index (χ0) is 14.2. The van der Waals surface area contributed by atoms with E-state index in [0.29, 0.717) is 0 Å². The Morgan fingerprint density at radius 1 is 1.47 bits per heavy atom. The van der Waals surface area contributed by atoms with Gasteiger partial charge in [0.2, 0.25) is 5.82 Å². The second-order valence-electron chi connectivity index (χ2n) is 4.35. The van der Waals surface area contributed by atoms with Crippen molar-refractivity contribution < 1.29 is 19.7 Å². The summed E-state index contributed by atoms with van der Waals surface area (Å²) in [6.07, 6.45) is -0.229. The molecule has 7 nitrogen and oxygen atoms in total. The first-order chi connectivity index (χ1) is 8.93. The summed E-state index contributed by atoms with van der Waals surface area (Å²) in [7, 11) is 0. The number of hydrogen-bond donors (Lipinski definition) is 4. The van der Waals surface area contributed by atoms with Gasteiger partial charge in [0.1, 0.15) is 0 Å². The predicted molar refractivity (Wildman–Crippen MR) is 65.4 cm³/mol. The van der Waals surface area contributed by atoms with Crippen molar-refractivity contribution in [2.45, 2.75) is 22.6 Å². The molecule has 0 bridgehead atoms. The first-order valence-electron chi connectivity index (χ1n) is 5.52. The van der Waals surface area contributed by atoms with Crippen LogP contribution in [-0.4, -0.2) is 48.9 Å². The van der Waals surface area contributed by atoms with Gasteiger partial charge < -0.3 is 15.3 Å². The summed E-state index contributed by atoms with van der Waals surface area (Å²) in [5, 5.41) is 27.7. The number of aromatic amines is 1.